The van der Waals surface area contributed by atoms with Crippen LogP contribution in [-0.2, 0) is 11.3 Å². The molecule has 1 fully saturated rings. The van der Waals surface area contributed by atoms with Gasteiger partial charge in [0.05, 0.1) is 3.79 Å². The van der Waals surface area contributed by atoms with Gasteiger partial charge < -0.3 is 10.2 Å². The molecule has 0 saturated carbocycles. The Kier molecular flexibility index (Phi) is 6.63. The summed E-state index contributed by atoms with van der Waals surface area (Å²) in [7, 11) is 1.88. The van der Waals surface area contributed by atoms with E-state index in [1.165, 1.54) is 12.0 Å². The third kappa shape index (κ3) is 4.53. The predicted molar refractivity (Wildman–Crippen MR) is 81.4 cm³/mol. The molecule has 0 bridgehead atoms. The second kappa shape index (κ2) is 7.48. The standard InChI is InChI=1S/C12H17BrN2OS.ClH/c1-15(7-9-5-11(13)17-8-9)12(16)6-10-3-2-4-14-10;/h5,8,10,14H,2-4,6-7H2,1H3;1H. The Bertz CT molecular complexity index is 393. The number of thiophene rings is 1. The lowest BCUT2D eigenvalue weighted by molar-refractivity contribution is -0.130. The van der Waals surface area contributed by atoms with Crippen LogP contribution < -0.4 is 5.32 Å². The van der Waals surface area contributed by atoms with Crippen molar-refractivity contribution in [3.63, 3.8) is 0 Å². The van der Waals surface area contributed by atoms with Gasteiger partial charge in [-0.05, 0) is 52.3 Å². The van der Waals surface area contributed by atoms with Crippen LogP contribution in [0.4, 0.5) is 0 Å². The van der Waals surface area contributed by atoms with Crippen LogP contribution in [0, 0.1) is 0 Å². The van der Waals surface area contributed by atoms with Crippen molar-refractivity contribution in [1.29, 1.82) is 0 Å². The van der Waals surface area contributed by atoms with Gasteiger partial charge >= 0.3 is 0 Å². The molecule has 0 radical (unpaired) electrons. The molecule has 2 heterocycles. The van der Waals surface area contributed by atoms with Gasteiger partial charge in [-0.2, -0.15) is 0 Å². The third-order valence-corrected chi connectivity index (χ3v) is 4.60. The summed E-state index contributed by atoms with van der Waals surface area (Å²) in [5.74, 6) is 0.228. The van der Waals surface area contributed by atoms with Crippen LogP contribution in [-0.4, -0.2) is 30.4 Å². The number of nitrogens with zero attached hydrogens (tertiary/aromatic N) is 1. The lowest BCUT2D eigenvalue weighted by Crippen LogP contribution is -2.33. The summed E-state index contributed by atoms with van der Waals surface area (Å²) < 4.78 is 1.12. The molecule has 1 atom stereocenters. The van der Waals surface area contributed by atoms with E-state index in [4.69, 9.17) is 0 Å². The van der Waals surface area contributed by atoms with Gasteiger partial charge in [-0.15, -0.1) is 23.7 Å². The highest BCUT2D eigenvalue weighted by atomic mass is 79.9. The number of carbonyl (C=O) groups excluding carboxylic acids is 1. The topological polar surface area (TPSA) is 32.3 Å². The van der Waals surface area contributed by atoms with Crippen LogP contribution >= 0.6 is 39.7 Å². The van der Waals surface area contributed by atoms with E-state index >= 15 is 0 Å². The van der Waals surface area contributed by atoms with Gasteiger partial charge in [0.1, 0.15) is 0 Å². The van der Waals surface area contributed by atoms with E-state index in [-0.39, 0.29) is 18.3 Å². The Hall–Kier alpha value is -0.100. The lowest BCUT2D eigenvalue weighted by Gasteiger charge is -2.18. The highest BCUT2D eigenvalue weighted by Gasteiger charge is 2.19. The molecule has 1 aliphatic heterocycles. The fourth-order valence-corrected chi connectivity index (χ4v) is 3.29. The van der Waals surface area contributed by atoms with Gasteiger partial charge in [-0.1, -0.05) is 0 Å². The number of nitrogens with one attached hydrogen (secondary N) is 1. The summed E-state index contributed by atoms with van der Waals surface area (Å²) in [4.78, 5) is 13.8. The zero-order valence-corrected chi connectivity index (χ0v) is 13.5. The van der Waals surface area contributed by atoms with E-state index in [0.29, 0.717) is 19.0 Å². The van der Waals surface area contributed by atoms with Gasteiger partial charge in [0, 0.05) is 26.1 Å². The van der Waals surface area contributed by atoms with E-state index < -0.39 is 0 Å². The third-order valence-electron chi connectivity index (χ3n) is 3.05. The van der Waals surface area contributed by atoms with Crippen molar-refractivity contribution in [1.82, 2.24) is 10.2 Å². The summed E-state index contributed by atoms with van der Waals surface area (Å²) in [5, 5.41) is 5.44. The average Bonchev–Trinajstić information content (AvgIpc) is 2.90. The summed E-state index contributed by atoms with van der Waals surface area (Å²) in [6, 6.07) is 2.46. The number of hydrogen-bond acceptors (Lipinski definition) is 3. The molecule has 0 aromatic carbocycles. The number of rotatable bonds is 4. The molecule has 1 unspecified atom stereocenters. The van der Waals surface area contributed by atoms with E-state index in [1.807, 2.05) is 11.9 Å². The molecule has 1 aliphatic rings. The van der Waals surface area contributed by atoms with Gasteiger partial charge in [0.15, 0.2) is 0 Å². The molecule has 1 amide bonds. The van der Waals surface area contributed by atoms with Crippen LogP contribution in [0.3, 0.4) is 0 Å². The maximum absolute atomic E-state index is 12.0. The fraction of sp³-hybridized carbons (Fsp3) is 0.583. The molecule has 6 heteroatoms. The smallest absolute Gasteiger partial charge is 0.224 e. The molecular weight excluding hydrogens is 336 g/mol. The first kappa shape index (κ1) is 16.0. The van der Waals surface area contributed by atoms with E-state index in [1.54, 1.807) is 11.3 Å². The summed E-state index contributed by atoms with van der Waals surface area (Å²) in [6.07, 6.45) is 2.95. The quantitative estimate of drug-likeness (QED) is 0.902. The second-order valence-electron chi connectivity index (χ2n) is 4.51. The number of amides is 1. The minimum absolute atomic E-state index is 0. The molecule has 1 N–H and O–H groups in total. The highest BCUT2D eigenvalue weighted by Crippen LogP contribution is 2.21. The van der Waals surface area contributed by atoms with E-state index in [0.717, 1.165) is 16.8 Å². The molecular formula is C12H18BrClN2OS. The lowest BCUT2D eigenvalue weighted by atomic mass is 10.1. The van der Waals surface area contributed by atoms with E-state index in [9.17, 15) is 4.79 Å². The van der Waals surface area contributed by atoms with Crippen LogP contribution in [0.15, 0.2) is 15.2 Å². The molecule has 18 heavy (non-hydrogen) atoms. The maximum atomic E-state index is 12.0. The Morgan fingerprint density at radius 1 is 1.67 bits per heavy atom. The van der Waals surface area contributed by atoms with Crippen molar-refractivity contribution >= 4 is 45.6 Å². The number of carbonyl (C=O) groups is 1. The first-order valence-corrected chi connectivity index (χ1v) is 7.52. The van der Waals surface area contributed by atoms with Gasteiger partial charge in [-0.3, -0.25) is 4.79 Å². The Labute approximate surface area is 126 Å². The number of halogens is 2. The van der Waals surface area contributed by atoms with Gasteiger partial charge in [0.2, 0.25) is 5.91 Å². The normalized spacial score (nSPS) is 18.4. The molecule has 0 spiro atoms. The largest absolute Gasteiger partial charge is 0.341 e. The number of hydrogen-bond donors (Lipinski definition) is 1. The first-order chi connectivity index (χ1) is 8.15. The molecule has 2 rings (SSSR count). The summed E-state index contributed by atoms with van der Waals surface area (Å²) in [6.45, 7) is 1.76. The molecule has 1 aromatic rings. The monoisotopic (exact) mass is 352 g/mol. The first-order valence-electron chi connectivity index (χ1n) is 5.85. The minimum Gasteiger partial charge on any atom is -0.341 e. The molecule has 102 valence electrons. The maximum Gasteiger partial charge on any atom is 0.224 e. The Balaban J connectivity index is 0.00000162. The molecule has 1 aromatic heterocycles. The van der Waals surface area contributed by atoms with E-state index in [2.05, 4.69) is 32.7 Å². The predicted octanol–water partition coefficient (Wildman–Crippen LogP) is 3.03. The molecule has 0 aliphatic carbocycles. The van der Waals surface area contributed by atoms with Crippen molar-refractivity contribution in [2.24, 2.45) is 0 Å². The Morgan fingerprint density at radius 3 is 3.00 bits per heavy atom. The van der Waals surface area contributed by atoms with Gasteiger partial charge in [-0.25, -0.2) is 0 Å². The fourth-order valence-electron chi connectivity index (χ4n) is 2.09. The molecule has 3 nitrogen and oxygen atoms in total. The van der Waals surface area contributed by atoms with Crippen molar-refractivity contribution in [2.45, 2.75) is 31.8 Å². The van der Waals surface area contributed by atoms with Crippen molar-refractivity contribution in [3.8, 4) is 0 Å². The van der Waals surface area contributed by atoms with Gasteiger partial charge in [0.25, 0.3) is 0 Å². The van der Waals surface area contributed by atoms with Crippen LogP contribution in [0.2, 0.25) is 0 Å². The summed E-state index contributed by atoms with van der Waals surface area (Å²) in [5.41, 5.74) is 1.19. The Morgan fingerprint density at radius 2 is 2.44 bits per heavy atom. The van der Waals surface area contributed by atoms with Crippen LogP contribution in [0.5, 0.6) is 0 Å². The van der Waals surface area contributed by atoms with Crippen molar-refractivity contribution in [2.75, 3.05) is 13.6 Å². The van der Waals surface area contributed by atoms with Crippen molar-refractivity contribution < 1.29 is 4.79 Å². The second-order valence-corrected chi connectivity index (χ2v) is 6.80. The zero-order chi connectivity index (χ0) is 12.3. The molecule has 1 saturated heterocycles. The minimum atomic E-state index is 0. The van der Waals surface area contributed by atoms with Crippen LogP contribution in [0.25, 0.3) is 0 Å². The zero-order valence-electron chi connectivity index (χ0n) is 10.3. The average molecular weight is 354 g/mol. The van der Waals surface area contributed by atoms with Crippen molar-refractivity contribution in [3.05, 3.63) is 20.8 Å². The highest BCUT2D eigenvalue weighted by molar-refractivity contribution is 9.11. The SMILES string of the molecule is CN(Cc1csc(Br)c1)C(=O)CC1CCCN1.Cl. The van der Waals surface area contributed by atoms with Crippen LogP contribution in [0.1, 0.15) is 24.8 Å². The summed E-state index contributed by atoms with van der Waals surface area (Å²) >= 11 is 5.09.